The molecule has 1 aliphatic heterocycles. The summed E-state index contributed by atoms with van der Waals surface area (Å²) in [5.74, 6) is -0.465. The highest BCUT2D eigenvalue weighted by Gasteiger charge is 2.45. The normalized spacial score (nSPS) is 16.7. The molecule has 174 valence electrons. The Morgan fingerprint density at radius 3 is 2.47 bits per heavy atom. The summed E-state index contributed by atoms with van der Waals surface area (Å²) in [7, 11) is 2.77. The lowest BCUT2D eigenvalue weighted by atomic mass is 9.87. The van der Waals surface area contributed by atoms with Gasteiger partial charge >= 0.3 is 5.63 Å². The number of para-hydroxylation sites is 1. The van der Waals surface area contributed by atoms with Crippen LogP contribution in [-0.4, -0.2) is 36.5 Å². The van der Waals surface area contributed by atoms with Gasteiger partial charge in [-0.2, -0.15) is 0 Å². The quantitative estimate of drug-likeness (QED) is 0.427. The van der Waals surface area contributed by atoms with Crippen molar-refractivity contribution in [3.8, 4) is 23.0 Å². The average molecular weight is 464 g/mol. The number of aryl methyl sites for hydroxylation is 1. The van der Waals surface area contributed by atoms with E-state index in [1.807, 2.05) is 0 Å². The highest BCUT2D eigenvalue weighted by Crippen LogP contribution is 2.48. The minimum absolute atomic E-state index is 0.110. The van der Waals surface area contributed by atoms with Crippen molar-refractivity contribution in [1.29, 1.82) is 0 Å². The molecule has 0 spiro atoms. The molecule has 10 nitrogen and oxygen atoms in total. The Kier molecular flexibility index (Phi) is 5.12. The monoisotopic (exact) mass is 464 g/mol. The van der Waals surface area contributed by atoms with Crippen molar-refractivity contribution >= 4 is 22.7 Å². The van der Waals surface area contributed by atoms with Gasteiger partial charge in [0, 0.05) is 6.07 Å². The molecule has 0 aliphatic carbocycles. The maximum Gasteiger partial charge on any atom is 0.344 e. The summed E-state index contributed by atoms with van der Waals surface area (Å²) in [4.78, 5) is 26.4. The molecule has 4 aromatic rings. The fraction of sp³-hybridized carbons (Fsp3) is 0.208. The molecule has 2 aromatic heterocycles. The molecule has 3 heterocycles. The van der Waals surface area contributed by atoms with Gasteiger partial charge in [-0.15, -0.1) is 0 Å². The van der Waals surface area contributed by atoms with Gasteiger partial charge in [-0.25, -0.2) is 4.79 Å². The molecule has 34 heavy (non-hydrogen) atoms. The zero-order valence-electron chi connectivity index (χ0n) is 18.4. The summed E-state index contributed by atoms with van der Waals surface area (Å²) >= 11 is 0. The number of phenols is 1. The van der Waals surface area contributed by atoms with Crippen LogP contribution in [0, 0.1) is 6.92 Å². The van der Waals surface area contributed by atoms with Crippen LogP contribution in [0.4, 0.5) is 5.82 Å². The summed E-state index contributed by atoms with van der Waals surface area (Å²) in [6.07, 6.45) is -1.17. The number of fused-ring (bicyclic) bond motifs is 3. The Hall–Kier alpha value is -4.47. The molecule has 1 amide bonds. The van der Waals surface area contributed by atoms with Crippen molar-refractivity contribution in [1.82, 2.24) is 5.16 Å². The van der Waals surface area contributed by atoms with E-state index in [1.54, 1.807) is 37.3 Å². The van der Waals surface area contributed by atoms with Gasteiger partial charge in [0.1, 0.15) is 17.1 Å². The van der Waals surface area contributed by atoms with E-state index >= 15 is 0 Å². The van der Waals surface area contributed by atoms with Crippen molar-refractivity contribution < 1.29 is 33.1 Å². The van der Waals surface area contributed by atoms with E-state index in [1.165, 1.54) is 26.4 Å². The zero-order valence-corrected chi connectivity index (χ0v) is 18.4. The van der Waals surface area contributed by atoms with Crippen LogP contribution in [0.5, 0.6) is 23.0 Å². The Balaban J connectivity index is 1.70. The number of hydrogen-bond donors (Lipinski definition) is 2. The number of aromatic nitrogens is 1. The van der Waals surface area contributed by atoms with Gasteiger partial charge in [-0.05, 0) is 36.8 Å². The van der Waals surface area contributed by atoms with Gasteiger partial charge in [0.05, 0.1) is 31.1 Å². The Morgan fingerprint density at radius 1 is 1.12 bits per heavy atom. The molecular weight excluding hydrogens is 444 g/mol. The third-order valence-corrected chi connectivity index (χ3v) is 5.66. The first kappa shape index (κ1) is 21.4. The number of methoxy groups -OCH3 is 2. The molecule has 0 saturated heterocycles. The first-order valence-corrected chi connectivity index (χ1v) is 10.3. The Morgan fingerprint density at radius 2 is 1.82 bits per heavy atom. The molecule has 2 atom stereocenters. The third kappa shape index (κ3) is 3.40. The number of hydrogen-bond acceptors (Lipinski definition) is 9. The van der Waals surface area contributed by atoms with E-state index < -0.39 is 23.6 Å². The number of carbonyl (C=O) groups excluding carboxylic acids is 1. The van der Waals surface area contributed by atoms with Gasteiger partial charge in [0.15, 0.2) is 23.4 Å². The maximum atomic E-state index is 13.3. The van der Waals surface area contributed by atoms with E-state index in [0.717, 1.165) is 0 Å². The standard InChI is InChI=1S/C24H20N2O8/c1-11-8-17(26-34-11)25-23(28)22-18(12-9-15(30-2)20(27)16(10-12)31-3)19-21(33-22)13-6-4-5-7-14(13)32-24(19)29/h4-10,18,22,27H,1-3H3,(H,25,26,28)/t18-,22-/m0/s1. The topological polar surface area (TPSA) is 133 Å². The van der Waals surface area contributed by atoms with Gasteiger partial charge in [0.2, 0.25) is 5.75 Å². The summed E-state index contributed by atoms with van der Waals surface area (Å²) in [5, 5.41) is 17.4. The minimum Gasteiger partial charge on any atom is -0.502 e. The van der Waals surface area contributed by atoms with Crippen molar-refractivity contribution in [2.75, 3.05) is 19.5 Å². The predicted molar refractivity (Wildman–Crippen MR) is 120 cm³/mol. The SMILES string of the molecule is COc1cc([C@H]2c3c(c4ccccc4oc3=O)O[C@@H]2C(=O)Nc2cc(C)on2)cc(OC)c1O. The van der Waals surface area contributed by atoms with Crippen LogP contribution < -0.4 is 25.2 Å². The van der Waals surface area contributed by atoms with Crippen LogP contribution in [0.1, 0.15) is 22.8 Å². The summed E-state index contributed by atoms with van der Waals surface area (Å²) < 4.78 is 27.2. The van der Waals surface area contributed by atoms with E-state index in [9.17, 15) is 14.7 Å². The first-order valence-electron chi connectivity index (χ1n) is 10.3. The third-order valence-electron chi connectivity index (χ3n) is 5.66. The molecule has 1 aliphatic rings. The second-order valence-electron chi connectivity index (χ2n) is 7.73. The smallest absolute Gasteiger partial charge is 0.344 e. The molecule has 10 heteroatoms. The number of benzene rings is 2. The Bertz CT molecular complexity index is 1450. The summed E-state index contributed by atoms with van der Waals surface area (Å²) in [6.45, 7) is 1.69. The maximum absolute atomic E-state index is 13.3. The molecule has 0 unspecified atom stereocenters. The number of aromatic hydroxyl groups is 1. The van der Waals surface area contributed by atoms with Crippen LogP contribution in [0.2, 0.25) is 0 Å². The number of amides is 1. The molecule has 0 bridgehead atoms. The molecule has 0 radical (unpaired) electrons. The molecule has 2 N–H and O–H groups in total. The molecule has 0 saturated carbocycles. The number of anilines is 1. The number of nitrogens with zero attached hydrogens (tertiary/aromatic N) is 1. The zero-order chi connectivity index (χ0) is 24.0. The largest absolute Gasteiger partial charge is 0.502 e. The van der Waals surface area contributed by atoms with E-state index in [-0.39, 0.29) is 34.4 Å². The number of rotatable bonds is 5. The van der Waals surface area contributed by atoms with Crippen LogP contribution >= 0.6 is 0 Å². The van der Waals surface area contributed by atoms with Crippen LogP contribution in [-0.2, 0) is 4.79 Å². The average Bonchev–Trinajstić information content (AvgIpc) is 3.43. The van der Waals surface area contributed by atoms with Crippen molar-refractivity contribution in [3.05, 3.63) is 69.8 Å². The fourth-order valence-corrected chi connectivity index (χ4v) is 4.14. The molecule has 5 rings (SSSR count). The number of carbonyl (C=O) groups is 1. The number of ether oxygens (including phenoxy) is 3. The van der Waals surface area contributed by atoms with Gasteiger partial charge in [-0.1, -0.05) is 17.3 Å². The van der Waals surface area contributed by atoms with Crippen molar-refractivity contribution in [2.24, 2.45) is 0 Å². The Labute approximate surface area is 192 Å². The van der Waals surface area contributed by atoms with E-state index in [4.69, 9.17) is 23.2 Å². The van der Waals surface area contributed by atoms with E-state index in [2.05, 4.69) is 10.5 Å². The molecule has 0 fully saturated rings. The lowest BCUT2D eigenvalue weighted by Gasteiger charge is -2.20. The summed E-state index contributed by atoms with van der Waals surface area (Å²) in [5.41, 5.74) is 0.311. The number of phenolic OH excluding ortho intramolecular Hbond substituents is 1. The predicted octanol–water partition coefficient (Wildman–Crippen LogP) is 3.34. The van der Waals surface area contributed by atoms with Crippen LogP contribution in [0.3, 0.4) is 0 Å². The highest BCUT2D eigenvalue weighted by molar-refractivity contribution is 5.97. The first-order chi connectivity index (χ1) is 16.4. The molecular formula is C24H20N2O8. The van der Waals surface area contributed by atoms with E-state index in [0.29, 0.717) is 22.3 Å². The van der Waals surface area contributed by atoms with Gasteiger partial charge in [0.25, 0.3) is 5.91 Å². The van der Waals surface area contributed by atoms with Crippen LogP contribution in [0.25, 0.3) is 11.0 Å². The highest BCUT2D eigenvalue weighted by atomic mass is 16.5. The molecule has 2 aromatic carbocycles. The van der Waals surface area contributed by atoms with Crippen LogP contribution in [0.15, 0.2) is 56.2 Å². The van der Waals surface area contributed by atoms with Crippen molar-refractivity contribution in [3.63, 3.8) is 0 Å². The second-order valence-corrected chi connectivity index (χ2v) is 7.73. The van der Waals surface area contributed by atoms with Gasteiger partial charge in [-0.3, -0.25) is 4.79 Å². The second kappa shape index (κ2) is 8.14. The fourth-order valence-electron chi connectivity index (χ4n) is 4.14. The lowest BCUT2D eigenvalue weighted by Crippen LogP contribution is -2.35. The van der Waals surface area contributed by atoms with Gasteiger partial charge < -0.3 is 33.6 Å². The summed E-state index contributed by atoms with van der Waals surface area (Å²) in [6, 6.07) is 11.5. The lowest BCUT2D eigenvalue weighted by molar-refractivity contribution is -0.122. The minimum atomic E-state index is -1.17. The number of nitrogens with one attached hydrogen (secondary N) is 1. The van der Waals surface area contributed by atoms with Crippen molar-refractivity contribution in [2.45, 2.75) is 18.9 Å².